The summed E-state index contributed by atoms with van der Waals surface area (Å²) in [4.78, 5) is 11.7. The Balaban J connectivity index is 1.73. The van der Waals surface area contributed by atoms with Crippen LogP contribution in [0.15, 0.2) is 30.3 Å². The first-order valence-corrected chi connectivity index (χ1v) is 6.99. The summed E-state index contributed by atoms with van der Waals surface area (Å²) >= 11 is 0. The number of aliphatic hydroxyl groups is 1. The number of carbonyl (C=O) groups is 1. The van der Waals surface area contributed by atoms with Crippen LogP contribution in [0.3, 0.4) is 0 Å². The standard InChI is InChI=1S/C15H22N2O2/c18-11-14(13-7-2-1-3-8-13)17-15(19)16-10-9-12-5-4-6-12/h1-3,7-8,12,14,18H,4-6,9-11H2,(H2,16,17,19). The molecule has 1 aliphatic rings. The molecule has 0 aromatic heterocycles. The Bertz CT molecular complexity index is 390. The minimum Gasteiger partial charge on any atom is -0.394 e. The van der Waals surface area contributed by atoms with E-state index >= 15 is 0 Å². The number of urea groups is 1. The third kappa shape index (κ3) is 4.24. The van der Waals surface area contributed by atoms with E-state index in [2.05, 4.69) is 10.6 Å². The monoisotopic (exact) mass is 262 g/mol. The van der Waals surface area contributed by atoms with Crippen molar-refractivity contribution in [2.75, 3.05) is 13.2 Å². The Labute approximate surface area is 114 Å². The van der Waals surface area contributed by atoms with E-state index in [9.17, 15) is 9.90 Å². The van der Waals surface area contributed by atoms with Gasteiger partial charge < -0.3 is 15.7 Å². The molecule has 0 aliphatic heterocycles. The van der Waals surface area contributed by atoms with Crippen molar-refractivity contribution in [3.63, 3.8) is 0 Å². The zero-order chi connectivity index (χ0) is 13.5. The van der Waals surface area contributed by atoms with E-state index in [-0.39, 0.29) is 18.7 Å². The van der Waals surface area contributed by atoms with Crippen LogP contribution in [0.4, 0.5) is 4.79 Å². The normalized spacial score (nSPS) is 16.5. The molecule has 1 aromatic rings. The van der Waals surface area contributed by atoms with Gasteiger partial charge in [0.15, 0.2) is 0 Å². The molecule has 0 radical (unpaired) electrons. The number of hydrogen-bond acceptors (Lipinski definition) is 2. The molecule has 1 aromatic carbocycles. The summed E-state index contributed by atoms with van der Waals surface area (Å²) in [7, 11) is 0. The van der Waals surface area contributed by atoms with Gasteiger partial charge in [0, 0.05) is 6.54 Å². The summed E-state index contributed by atoms with van der Waals surface area (Å²) < 4.78 is 0. The van der Waals surface area contributed by atoms with E-state index in [0.717, 1.165) is 17.9 Å². The van der Waals surface area contributed by atoms with Crippen LogP contribution in [0.1, 0.15) is 37.3 Å². The highest BCUT2D eigenvalue weighted by atomic mass is 16.3. The summed E-state index contributed by atoms with van der Waals surface area (Å²) in [5.41, 5.74) is 0.916. The van der Waals surface area contributed by atoms with Crippen molar-refractivity contribution < 1.29 is 9.90 Å². The van der Waals surface area contributed by atoms with E-state index in [1.165, 1.54) is 19.3 Å². The van der Waals surface area contributed by atoms with Crippen molar-refractivity contribution >= 4 is 6.03 Å². The van der Waals surface area contributed by atoms with Crippen molar-refractivity contribution in [3.8, 4) is 0 Å². The highest BCUT2D eigenvalue weighted by molar-refractivity contribution is 5.74. The number of amides is 2. The molecule has 1 unspecified atom stereocenters. The minimum absolute atomic E-state index is 0.0972. The quantitative estimate of drug-likeness (QED) is 0.736. The summed E-state index contributed by atoms with van der Waals surface area (Å²) in [6.45, 7) is 0.615. The lowest BCUT2D eigenvalue weighted by molar-refractivity contribution is 0.215. The van der Waals surface area contributed by atoms with Crippen LogP contribution < -0.4 is 10.6 Å². The molecule has 0 spiro atoms. The highest BCUT2D eigenvalue weighted by Gasteiger charge is 2.17. The first-order valence-electron chi connectivity index (χ1n) is 6.99. The second-order valence-electron chi connectivity index (χ2n) is 5.13. The van der Waals surface area contributed by atoms with E-state index in [1.54, 1.807) is 0 Å². The number of aliphatic hydroxyl groups excluding tert-OH is 1. The molecular formula is C15H22N2O2. The van der Waals surface area contributed by atoms with E-state index < -0.39 is 0 Å². The molecule has 1 aliphatic carbocycles. The number of nitrogens with one attached hydrogen (secondary N) is 2. The zero-order valence-electron chi connectivity index (χ0n) is 11.1. The lowest BCUT2D eigenvalue weighted by Crippen LogP contribution is -2.40. The van der Waals surface area contributed by atoms with Gasteiger partial charge in [-0.05, 0) is 17.9 Å². The molecule has 19 heavy (non-hydrogen) atoms. The second kappa shape index (κ2) is 7.14. The van der Waals surface area contributed by atoms with Gasteiger partial charge in [-0.1, -0.05) is 49.6 Å². The topological polar surface area (TPSA) is 61.4 Å². The molecule has 1 saturated carbocycles. The zero-order valence-corrected chi connectivity index (χ0v) is 11.1. The van der Waals surface area contributed by atoms with Gasteiger partial charge in [-0.15, -0.1) is 0 Å². The molecule has 104 valence electrons. The van der Waals surface area contributed by atoms with Gasteiger partial charge in [0.1, 0.15) is 0 Å². The van der Waals surface area contributed by atoms with Crippen LogP contribution in [0.5, 0.6) is 0 Å². The SMILES string of the molecule is O=C(NCCC1CCC1)NC(CO)c1ccccc1. The van der Waals surface area contributed by atoms with Gasteiger partial charge in [0.25, 0.3) is 0 Å². The Morgan fingerprint density at radius 1 is 1.32 bits per heavy atom. The summed E-state index contributed by atoms with van der Waals surface area (Å²) in [5, 5.41) is 15.0. The third-order valence-electron chi connectivity index (χ3n) is 3.75. The number of benzene rings is 1. The fraction of sp³-hybridized carbons (Fsp3) is 0.533. The van der Waals surface area contributed by atoms with Gasteiger partial charge in [0.05, 0.1) is 12.6 Å². The average molecular weight is 262 g/mol. The first kappa shape index (κ1) is 13.9. The molecule has 2 rings (SSSR count). The lowest BCUT2D eigenvalue weighted by Gasteiger charge is -2.25. The van der Waals surface area contributed by atoms with Crippen molar-refractivity contribution in [1.82, 2.24) is 10.6 Å². The Morgan fingerprint density at radius 2 is 2.05 bits per heavy atom. The van der Waals surface area contributed by atoms with Crippen LogP contribution in [0, 0.1) is 5.92 Å². The molecule has 3 N–H and O–H groups in total. The number of carbonyl (C=O) groups excluding carboxylic acids is 1. The van der Waals surface area contributed by atoms with Crippen molar-refractivity contribution in [2.45, 2.75) is 31.7 Å². The molecule has 0 bridgehead atoms. The summed E-state index contributed by atoms with van der Waals surface area (Å²) in [6, 6.07) is 8.96. The van der Waals surface area contributed by atoms with Gasteiger partial charge in [-0.3, -0.25) is 0 Å². The fourth-order valence-corrected chi connectivity index (χ4v) is 2.30. The van der Waals surface area contributed by atoms with Crippen molar-refractivity contribution in [3.05, 3.63) is 35.9 Å². The highest BCUT2D eigenvalue weighted by Crippen LogP contribution is 2.28. The molecular weight excluding hydrogens is 240 g/mol. The van der Waals surface area contributed by atoms with Crippen LogP contribution >= 0.6 is 0 Å². The molecule has 0 heterocycles. The van der Waals surface area contributed by atoms with Gasteiger partial charge in [-0.25, -0.2) is 4.79 Å². The maximum atomic E-state index is 11.7. The van der Waals surface area contributed by atoms with Crippen LogP contribution in [0.25, 0.3) is 0 Å². The van der Waals surface area contributed by atoms with Crippen LogP contribution in [-0.4, -0.2) is 24.3 Å². The summed E-state index contributed by atoms with van der Waals surface area (Å²) in [5.74, 6) is 0.795. The molecule has 1 atom stereocenters. The maximum Gasteiger partial charge on any atom is 0.315 e. The Morgan fingerprint density at radius 3 is 2.63 bits per heavy atom. The van der Waals surface area contributed by atoms with Crippen molar-refractivity contribution in [2.24, 2.45) is 5.92 Å². The maximum absolute atomic E-state index is 11.7. The predicted octanol–water partition coefficient (Wildman–Crippen LogP) is 2.21. The van der Waals surface area contributed by atoms with Crippen molar-refractivity contribution in [1.29, 1.82) is 0 Å². The number of rotatable bonds is 6. The van der Waals surface area contributed by atoms with E-state index in [4.69, 9.17) is 0 Å². The van der Waals surface area contributed by atoms with Crippen LogP contribution in [0.2, 0.25) is 0 Å². The lowest BCUT2D eigenvalue weighted by atomic mass is 9.83. The first-order chi connectivity index (χ1) is 9.29. The average Bonchev–Trinajstić information content (AvgIpc) is 2.40. The predicted molar refractivity (Wildman–Crippen MR) is 74.8 cm³/mol. The largest absolute Gasteiger partial charge is 0.394 e. The molecule has 4 nitrogen and oxygen atoms in total. The Hall–Kier alpha value is -1.55. The number of hydrogen-bond donors (Lipinski definition) is 3. The van der Waals surface area contributed by atoms with Gasteiger partial charge in [-0.2, -0.15) is 0 Å². The van der Waals surface area contributed by atoms with Gasteiger partial charge >= 0.3 is 6.03 Å². The summed E-state index contributed by atoms with van der Waals surface area (Å²) in [6.07, 6.45) is 4.99. The molecule has 2 amide bonds. The van der Waals surface area contributed by atoms with Gasteiger partial charge in [0.2, 0.25) is 0 Å². The third-order valence-corrected chi connectivity index (χ3v) is 3.75. The minimum atomic E-state index is -0.343. The smallest absolute Gasteiger partial charge is 0.315 e. The fourth-order valence-electron chi connectivity index (χ4n) is 2.30. The second-order valence-corrected chi connectivity index (χ2v) is 5.13. The molecule has 0 saturated heterocycles. The Kier molecular flexibility index (Phi) is 5.21. The van der Waals surface area contributed by atoms with E-state index in [1.807, 2.05) is 30.3 Å². The molecule has 1 fully saturated rings. The van der Waals surface area contributed by atoms with Crippen LogP contribution in [-0.2, 0) is 0 Å². The van der Waals surface area contributed by atoms with E-state index in [0.29, 0.717) is 6.54 Å². The molecule has 4 heteroatoms.